The van der Waals surface area contributed by atoms with Gasteiger partial charge in [-0.1, -0.05) is 13.3 Å². The van der Waals surface area contributed by atoms with Gasteiger partial charge in [-0.15, -0.1) is 0 Å². The lowest BCUT2D eigenvalue weighted by Gasteiger charge is -2.56. The third-order valence-electron chi connectivity index (χ3n) is 10.4. The van der Waals surface area contributed by atoms with Crippen molar-refractivity contribution in [3.05, 3.63) is 0 Å². The molecule has 0 aromatic carbocycles. The fraction of sp³-hybridized carbons (Fsp3) is 0.889. The fourth-order valence-corrected chi connectivity index (χ4v) is 9.76. The van der Waals surface area contributed by atoms with Crippen LogP contribution in [0.2, 0.25) is 0 Å². The van der Waals surface area contributed by atoms with Crippen LogP contribution in [0, 0.1) is 41.4 Å². The third-order valence-corrected chi connectivity index (χ3v) is 10.4. The van der Waals surface area contributed by atoms with Crippen molar-refractivity contribution in [1.29, 1.82) is 0 Å². The Bertz CT molecular complexity index is 820. The maximum Gasteiger partial charge on any atom is 0.229 e. The zero-order valence-electron chi connectivity index (χ0n) is 20.4. The molecule has 0 amide bonds. The van der Waals surface area contributed by atoms with Gasteiger partial charge in [0.15, 0.2) is 0 Å². The van der Waals surface area contributed by atoms with Crippen LogP contribution in [0.5, 0.6) is 0 Å². The van der Waals surface area contributed by atoms with Gasteiger partial charge in [0, 0.05) is 18.1 Å². The molecule has 0 unspecified atom stereocenters. The maximum atomic E-state index is 5.00. The van der Waals surface area contributed by atoms with Gasteiger partial charge >= 0.3 is 0 Å². The van der Waals surface area contributed by atoms with Crippen LogP contribution in [0.15, 0.2) is 0 Å². The molecule has 8 fully saturated rings. The van der Waals surface area contributed by atoms with Crippen molar-refractivity contribution in [2.45, 2.75) is 102 Å². The number of aromatic nitrogens is 3. The second kappa shape index (κ2) is 7.98. The molecule has 8 bridgehead atoms. The predicted molar refractivity (Wildman–Crippen MR) is 132 cm³/mol. The Hall–Kier alpha value is -1.59. The molecule has 3 N–H and O–H groups in total. The largest absolute Gasteiger partial charge is 0.354 e. The first kappa shape index (κ1) is 20.8. The van der Waals surface area contributed by atoms with Crippen LogP contribution in [-0.4, -0.2) is 33.1 Å². The van der Waals surface area contributed by atoms with Crippen LogP contribution < -0.4 is 16.0 Å². The van der Waals surface area contributed by atoms with Crippen molar-refractivity contribution in [3.63, 3.8) is 0 Å². The minimum Gasteiger partial charge on any atom is -0.354 e. The monoisotopic (exact) mass is 450 g/mol. The topological polar surface area (TPSA) is 74.8 Å². The lowest BCUT2D eigenvalue weighted by Crippen LogP contribution is -2.55. The van der Waals surface area contributed by atoms with Crippen molar-refractivity contribution < 1.29 is 0 Å². The summed E-state index contributed by atoms with van der Waals surface area (Å²) in [6.07, 6.45) is 17.8. The average Bonchev–Trinajstić information content (AvgIpc) is 2.74. The molecule has 33 heavy (non-hydrogen) atoms. The van der Waals surface area contributed by atoms with Crippen LogP contribution in [0.1, 0.15) is 90.4 Å². The summed E-state index contributed by atoms with van der Waals surface area (Å²) in [5, 5.41) is 11.3. The second-order valence-corrected chi connectivity index (χ2v) is 13.0. The van der Waals surface area contributed by atoms with Crippen LogP contribution in [0.3, 0.4) is 0 Å². The summed E-state index contributed by atoms with van der Waals surface area (Å²) in [5.74, 6) is 8.70. The second-order valence-electron chi connectivity index (χ2n) is 13.0. The Morgan fingerprint density at radius 1 is 0.697 bits per heavy atom. The minimum atomic E-state index is 0.219. The van der Waals surface area contributed by atoms with Crippen LogP contribution in [0.4, 0.5) is 17.8 Å². The summed E-state index contributed by atoms with van der Waals surface area (Å²) >= 11 is 0. The van der Waals surface area contributed by atoms with Gasteiger partial charge in [0.25, 0.3) is 0 Å². The Kier molecular flexibility index (Phi) is 5.02. The molecule has 0 spiro atoms. The van der Waals surface area contributed by atoms with E-state index in [2.05, 4.69) is 22.9 Å². The van der Waals surface area contributed by atoms with Gasteiger partial charge in [-0.3, -0.25) is 0 Å². The number of hydrogen-bond donors (Lipinski definition) is 3. The predicted octanol–water partition coefficient (Wildman–Crippen LogP) is 5.70. The van der Waals surface area contributed by atoms with E-state index in [4.69, 9.17) is 15.0 Å². The number of rotatable bonds is 8. The summed E-state index contributed by atoms with van der Waals surface area (Å²) in [6, 6.07) is 0.552. The molecule has 0 atom stereocenters. The van der Waals surface area contributed by atoms with E-state index in [1.165, 1.54) is 77.0 Å². The summed E-state index contributed by atoms with van der Waals surface area (Å²) in [4.78, 5) is 14.8. The van der Waals surface area contributed by atoms with Crippen molar-refractivity contribution in [2.75, 3.05) is 22.5 Å². The van der Waals surface area contributed by atoms with Gasteiger partial charge in [-0.25, -0.2) is 0 Å². The lowest BCUT2D eigenvalue weighted by molar-refractivity contribution is 0.00720. The molecule has 8 aliphatic rings. The van der Waals surface area contributed by atoms with Gasteiger partial charge in [-0.2, -0.15) is 15.0 Å². The number of nitrogens with one attached hydrogen (secondary N) is 3. The molecular weight excluding hydrogens is 408 g/mol. The minimum absolute atomic E-state index is 0.219. The highest BCUT2D eigenvalue weighted by molar-refractivity contribution is 5.45. The molecule has 1 heterocycles. The smallest absolute Gasteiger partial charge is 0.229 e. The number of anilines is 3. The van der Waals surface area contributed by atoms with E-state index in [0.717, 1.165) is 72.2 Å². The number of hydrogen-bond acceptors (Lipinski definition) is 6. The third kappa shape index (κ3) is 3.89. The van der Waals surface area contributed by atoms with E-state index in [0.29, 0.717) is 6.04 Å². The first-order chi connectivity index (χ1) is 16.1. The maximum absolute atomic E-state index is 5.00. The van der Waals surface area contributed by atoms with Crippen molar-refractivity contribution in [1.82, 2.24) is 15.0 Å². The molecule has 6 heteroatoms. The van der Waals surface area contributed by atoms with E-state index >= 15 is 0 Å². The zero-order valence-corrected chi connectivity index (χ0v) is 20.4. The van der Waals surface area contributed by atoms with E-state index in [1.807, 2.05) is 0 Å². The molecule has 180 valence electrons. The average molecular weight is 451 g/mol. The summed E-state index contributed by atoms with van der Waals surface area (Å²) in [6.45, 7) is 3.16. The first-order valence-electron chi connectivity index (χ1n) is 14.2. The first-order valence-corrected chi connectivity index (χ1v) is 14.2. The Morgan fingerprint density at radius 2 is 1.24 bits per heavy atom. The van der Waals surface area contributed by atoms with Crippen LogP contribution in [-0.2, 0) is 0 Å². The molecular formula is C27H42N6. The molecule has 9 rings (SSSR count). The normalized spacial score (nSPS) is 44.3. The molecule has 0 aliphatic heterocycles. The van der Waals surface area contributed by atoms with Gasteiger partial charge in [0.05, 0.1) is 0 Å². The SMILES string of the molecule is CCCCNc1nc(NC2C3CC4CC(C3)CC2C4)nc(NC23CC4CC(CC(C4)C2)C3)n1. The molecule has 6 nitrogen and oxygen atoms in total. The lowest BCUT2D eigenvalue weighted by atomic mass is 9.53. The van der Waals surface area contributed by atoms with Crippen molar-refractivity contribution in [3.8, 4) is 0 Å². The summed E-state index contributed by atoms with van der Waals surface area (Å²) in [7, 11) is 0. The van der Waals surface area contributed by atoms with Crippen molar-refractivity contribution in [2.24, 2.45) is 41.4 Å². The molecule has 1 aromatic rings. The number of unbranched alkanes of at least 4 members (excludes halogenated alkanes) is 1. The quantitative estimate of drug-likeness (QED) is 0.441. The zero-order chi connectivity index (χ0) is 22.0. The highest BCUT2D eigenvalue weighted by atomic mass is 15.3. The highest BCUT2D eigenvalue weighted by Crippen LogP contribution is 2.57. The molecule has 8 aliphatic carbocycles. The van der Waals surface area contributed by atoms with Gasteiger partial charge < -0.3 is 16.0 Å². The highest BCUT2D eigenvalue weighted by Gasteiger charge is 2.51. The van der Waals surface area contributed by atoms with Crippen molar-refractivity contribution >= 4 is 17.8 Å². The van der Waals surface area contributed by atoms with Gasteiger partial charge in [0.1, 0.15) is 0 Å². The molecule has 8 saturated carbocycles. The van der Waals surface area contributed by atoms with E-state index in [1.54, 1.807) is 0 Å². The van der Waals surface area contributed by atoms with Gasteiger partial charge in [0.2, 0.25) is 17.8 Å². The van der Waals surface area contributed by atoms with E-state index in [-0.39, 0.29) is 5.54 Å². The molecule has 1 aromatic heterocycles. The molecule has 0 saturated heterocycles. The van der Waals surface area contributed by atoms with Crippen LogP contribution >= 0.6 is 0 Å². The Morgan fingerprint density at radius 3 is 1.85 bits per heavy atom. The van der Waals surface area contributed by atoms with Gasteiger partial charge in [-0.05, 0) is 118 Å². The molecule has 0 radical (unpaired) electrons. The Balaban J connectivity index is 1.13. The van der Waals surface area contributed by atoms with E-state index < -0.39 is 0 Å². The van der Waals surface area contributed by atoms with Crippen LogP contribution in [0.25, 0.3) is 0 Å². The Labute approximate surface area is 198 Å². The fourth-order valence-electron chi connectivity index (χ4n) is 9.76. The summed E-state index contributed by atoms with van der Waals surface area (Å²) < 4.78 is 0. The van der Waals surface area contributed by atoms with E-state index in [9.17, 15) is 0 Å². The number of nitrogens with zero attached hydrogens (tertiary/aromatic N) is 3. The standard InChI is InChI=1S/C27H42N6/c1-2-3-4-28-24-30-25(29-23-21-9-16-5-17(11-21)12-22(23)10-16)32-26(31-24)33-27-13-18-6-19(14-27)8-20(7-18)15-27/h16-23H,2-15H2,1H3,(H3,28,29,30,31,32,33). The summed E-state index contributed by atoms with van der Waals surface area (Å²) in [5.41, 5.74) is 0.219.